The van der Waals surface area contributed by atoms with E-state index < -0.39 is 0 Å². The van der Waals surface area contributed by atoms with Crippen LogP contribution < -0.4 is 0 Å². The number of ketones is 1. The van der Waals surface area contributed by atoms with Gasteiger partial charge < -0.3 is 0 Å². The van der Waals surface area contributed by atoms with Gasteiger partial charge in [0.25, 0.3) is 0 Å². The summed E-state index contributed by atoms with van der Waals surface area (Å²) >= 11 is 0. The van der Waals surface area contributed by atoms with Crippen molar-refractivity contribution in [3.63, 3.8) is 0 Å². The minimum atomic E-state index is -0.192. The van der Waals surface area contributed by atoms with E-state index in [1.165, 1.54) is 38.5 Å². The Labute approximate surface area is 203 Å². The zero-order valence-corrected chi connectivity index (χ0v) is 22.8. The van der Waals surface area contributed by atoms with Crippen LogP contribution in [0.5, 0.6) is 0 Å². The lowest BCUT2D eigenvalue weighted by molar-refractivity contribution is -0.235. The molecular weight excluding hydrogens is 402 g/mol. The number of nitrogens with zero attached hydrogens (tertiary/aromatic N) is 1. The predicted octanol–water partition coefficient (Wildman–Crippen LogP) is 8.06. The van der Waals surface area contributed by atoms with Crippen LogP contribution in [0.4, 0.5) is 0 Å². The smallest absolute Gasteiger partial charge is 0.141 e. The Bertz CT molecular complexity index is 882. The first kappa shape index (κ1) is 23.9. The van der Waals surface area contributed by atoms with E-state index in [1.54, 1.807) is 0 Å². The van der Waals surface area contributed by atoms with E-state index in [4.69, 9.17) is 0 Å². The first-order valence-electron chi connectivity index (χ1n) is 14.2. The quantitative estimate of drug-likeness (QED) is 0.404. The number of fused-ring (bicyclic) bond motifs is 7. The van der Waals surface area contributed by atoms with Crippen LogP contribution in [0.2, 0.25) is 0 Å². The van der Waals surface area contributed by atoms with Crippen molar-refractivity contribution in [3.8, 4) is 6.07 Å². The van der Waals surface area contributed by atoms with E-state index in [2.05, 4.69) is 61.5 Å². The van der Waals surface area contributed by atoms with Crippen molar-refractivity contribution >= 4 is 5.78 Å². The average Bonchev–Trinajstić information content (AvgIpc) is 3.13. The van der Waals surface area contributed by atoms with Gasteiger partial charge in [-0.15, -0.1) is 0 Å². The lowest BCUT2D eigenvalue weighted by atomic mass is 9.32. The second-order valence-corrected chi connectivity index (χ2v) is 15.1. The molecule has 0 N–H and O–H groups in total. The molecule has 0 aliphatic heterocycles. The highest BCUT2D eigenvalue weighted by atomic mass is 16.1. The Morgan fingerprint density at radius 2 is 1.58 bits per heavy atom. The van der Waals surface area contributed by atoms with Crippen LogP contribution in [0.15, 0.2) is 0 Å². The van der Waals surface area contributed by atoms with Crippen LogP contribution in [0.1, 0.15) is 113 Å². The molecule has 184 valence electrons. The summed E-state index contributed by atoms with van der Waals surface area (Å²) in [4.78, 5) is 13.2. The highest BCUT2D eigenvalue weighted by molar-refractivity contribution is 5.87. The van der Waals surface area contributed by atoms with Gasteiger partial charge in [-0.25, -0.2) is 0 Å². The fourth-order valence-electron chi connectivity index (χ4n) is 12.0. The summed E-state index contributed by atoms with van der Waals surface area (Å²) in [5, 5.41) is 10.4. The van der Waals surface area contributed by atoms with Crippen LogP contribution >= 0.6 is 0 Å². The largest absolute Gasteiger partial charge is 0.299 e. The van der Waals surface area contributed by atoms with E-state index in [0.29, 0.717) is 52.1 Å². The third-order valence-corrected chi connectivity index (χ3v) is 13.5. The fraction of sp³-hybridized carbons (Fsp3) is 0.935. The van der Waals surface area contributed by atoms with Crippen LogP contribution in [0.25, 0.3) is 0 Å². The Morgan fingerprint density at radius 3 is 2.21 bits per heavy atom. The summed E-state index contributed by atoms with van der Waals surface area (Å²) in [6.07, 6.45) is 10.9. The summed E-state index contributed by atoms with van der Waals surface area (Å²) < 4.78 is 0. The molecule has 0 aromatic carbocycles. The highest BCUT2D eigenvalue weighted by Crippen LogP contribution is 2.77. The molecule has 0 spiro atoms. The molecule has 0 aromatic heterocycles. The molecule has 0 unspecified atom stereocenters. The number of carbonyl (C=O) groups is 1. The molecule has 10 atom stereocenters. The number of hydrogen-bond donors (Lipinski definition) is 0. The van der Waals surface area contributed by atoms with Crippen molar-refractivity contribution in [2.45, 2.75) is 113 Å². The molecule has 5 fully saturated rings. The third-order valence-electron chi connectivity index (χ3n) is 13.5. The Kier molecular flexibility index (Phi) is 5.14. The average molecular weight is 452 g/mol. The van der Waals surface area contributed by atoms with Crippen LogP contribution in [-0.2, 0) is 4.79 Å². The van der Waals surface area contributed by atoms with Crippen LogP contribution in [0, 0.1) is 79.8 Å². The van der Waals surface area contributed by atoms with Crippen LogP contribution in [-0.4, -0.2) is 5.78 Å². The third kappa shape index (κ3) is 2.75. The van der Waals surface area contributed by atoms with E-state index in [9.17, 15) is 10.1 Å². The molecule has 5 aliphatic carbocycles. The highest BCUT2D eigenvalue weighted by Gasteiger charge is 2.71. The second-order valence-electron chi connectivity index (χ2n) is 15.1. The van der Waals surface area contributed by atoms with Crippen molar-refractivity contribution < 1.29 is 4.79 Å². The maximum atomic E-state index is 13.2. The first-order valence-corrected chi connectivity index (χ1v) is 14.2. The lowest BCUT2D eigenvalue weighted by Crippen LogP contribution is -2.67. The lowest BCUT2D eigenvalue weighted by Gasteiger charge is -2.72. The number of nitriles is 1. The summed E-state index contributed by atoms with van der Waals surface area (Å²) in [6.45, 7) is 19.5. The number of rotatable bonds is 1. The van der Waals surface area contributed by atoms with Crippen molar-refractivity contribution in [3.05, 3.63) is 0 Å². The SMILES string of the molecule is CC(C)[C@@H]1CC[C@]2(C#N)CC[C@]3(C)[C@H](CC[C@H]4[C@@]5(C)C[C@H](C)C(=O)C(C)(C)[C@H]5CC[C@]43C)[C@H]12. The number of Topliss-reactive ketones (excluding diaryl/α,β-unsaturated/α-hetero) is 1. The minimum absolute atomic E-state index is 0.0584. The molecule has 0 amide bonds. The van der Waals surface area contributed by atoms with E-state index >= 15 is 0 Å². The number of carbonyl (C=O) groups excluding carboxylic acids is 1. The molecule has 0 bridgehead atoms. The van der Waals surface area contributed by atoms with E-state index in [0.717, 1.165) is 19.3 Å². The van der Waals surface area contributed by atoms with Gasteiger partial charge in [0, 0.05) is 11.3 Å². The summed E-state index contributed by atoms with van der Waals surface area (Å²) in [5.74, 6) is 4.59. The molecule has 0 heterocycles. The number of hydrogen-bond acceptors (Lipinski definition) is 2. The maximum absolute atomic E-state index is 13.2. The van der Waals surface area contributed by atoms with Crippen molar-refractivity contribution in [2.24, 2.45) is 68.5 Å². The fourth-order valence-corrected chi connectivity index (χ4v) is 12.0. The Hall–Kier alpha value is -0.840. The van der Waals surface area contributed by atoms with Gasteiger partial charge in [-0.05, 0) is 110 Å². The van der Waals surface area contributed by atoms with Gasteiger partial charge in [0.15, 0.2) is 0 Å². The molecule has 2 nitrogen and oxygen atoms in total. The van der Waals surface area contributed by atoms with Gasteiger partial charge in [0.05, 0.1) is 11.5 Å². The zero-order chi connectivity index (χ0) is 24.2. The molecule has 33 heavy (non-hydrogen) atoms. The summed E-state index contributed by atoms with van der Waals surface area (Å²) in [5.41, 5.74) is 0.651. The van der Waals surface area contributed by atoms with Crippen LogP contribution in [0.3, 0.4) is 0 Å². The standard InChI is InChI=1S/C31H49NO/c1-19(2)21-11-14-31(18-32)16-15-29(7)22(25(21)31)9-10-24-28(6)17-20(3)26(33)27(4,5)23(28)12-13-30(24,29)8/h19-25H,9-17H2,1-8H3/t20-,21-,22+,23+,24-,25-,28-,29+,30+,31+/m0/s1. The monoisotopic (exact) mass is 451 g/mol. The normalized spacial score (nSPS) is 55.2. The molecule has 5 rings (SSSR count). The van der Waals surface area contributed by atoms with E-state index in [-0.39, 0.29) is 22.2 Å². The Morgan fingerprint density at radius 1 is 0.879 bits per heavy atom. The van der Waals surface area contributed by atoms with Gasteiger partial charge in [-0.3, -0.25) is 4.79 Å². The molecule has 0 aromatic rings. The zero-order valence-electron chi connectivity index (χ0n) is 22.8. The molecule has 0 radical (unpaired) electrons. The van der Waals surface area contributed by atoms with Gasteiger partial charge in [0.2, 0.25) is 0 Å². The predicted molar refractivity (Wildman–Crippen MR) is 134 cm³/mol. The molecule has 5 aliphatic rings. The summed E-state index contributed by atoms with van der Waals surface area (Å²) in [7, 11) is 0. The van der Waals surface area contributed by atoms with Gasteiger partial charge in [0.1, 0.15) is 5.78 Å². The molecule has 5 saturated carbocycles. The van der Waals surface area contributed by atoms with Crippen molar-refractivity contribution in [1.82, 2.24) is 0 Å². The van der Waals surface area contributed by atoms with Gasteiger partial charge >= 0.3 is 0 Å². The van der Waals surface area contributed by atoms with E-state index in [1.807, 2.05) is 0 Å². The van der Waals surface area contributed by atoms with Gasteiger partial charge in [-0.2, -0.15) is 5.26 Å². The minimum Gasteiger partial charge on any atom is -0.299 e. The maximum Gasteiger partial charge on any atom is 0.141 e. The second kappa shape index (κ2) is 7.11. The molecule has 2 heteroatoms. The topological polar surface area (TPSA) is 40.9 Å². The molecular formula is C31H49NO. The van der Waals surface area contributed by atoms with Crippen molar-refractivity contribution in [2.75, 3.05) is 0 Å². The summed E-state index contributed by atoms with van der Waals surface area (Å²) in [6, 6.07) is 2.94. The van der Waals surface area contributed by atoms with Crippen molar-refractivity contribution in [1.29, 1.82) is 5.26 Å². The first-order chi connectivity index (χ1) is 15.3. The van der Waals surface area contributed by atoms with Gasteiger partial charge in [-0.1, -0.05) is 55.4 Å². The Balaban J connectivity index is 1.57. The molecule has 0 saturated heterocycles.